The number of H-pyrrole nitrogens is 1. The van der Waals surface area contributed by atoms with Crippen LogP contribution >= 0.6 is 0 Å². The van der Waals surface area contributed by atoms with Crippen molar-refractivity contribution in [1.29, 1.82) is 0 Å². The SMILES string of the molecule is Cc1cccc2[nH]cc(CC(=O)N(CC(C)C(=O)O)C3CC3)c12. The molecule has 0 bridgehead atoms. The van der Waals surface area contributed by atoms with E-state index in [2.05, 4.69) is 4.98 Å². The molecule has 122 valence electrons. The molecule has 0 aliphatic heterocycles. The summed E-state index contributed by atoms with van der Waals surface area (Å²) in [6.07, 6.45) is 4.16. The molecule has 0 saturated heterocycles. The molecule has 2 aromatic rings. The van der Waals surface area contributed by atoms with E-state index < -0.39 is 11.9 Å². The maximum atomic E-state index is 12.7. The van der Waals surface area contributed by atoms with Gasteiger partial charge in [0, 0.05) is 29.7 Å². The number of carbonyl (C=O) groups is 2. The standard InChI is InChI=1S/C18H22N2O3/c1-11-4-3-5-15-17(11)13(9-19-15)8-16(21)20(14-6-7-14)10-12(2)18(22)23/h3-5,9,12,14,19H,6-8,10H2,1-2H3,(H,22,23). The Bertz CT molecular complexity index is 746. The third-order valence-electron chi connectivity index (χ3n) is 4.54. The first-order chi connectivity index (χ1) is 11.0. The van der Waals surface area contributed by atoms with Crippen molar-refractivity contribution in [2.45, 2.75) is 39.2 Å². The molecule has 3 rings (SSSR count). The van der Waals surface area contributed by atoms with Crippen LogP contribution in [0.3, 0.4) is 0 Å². The minimum absolute atomic E-state index is 0.0183. The topological polar surface area (TPSA) is 73.4 Å². The van der Waals surface area contributed by atoms with Crippen LogP contribution in [-0.2, 0) is 16.0 Å². The van der Waals surface area contributed by atoms with Crippen LogP contribution in [0.25, 0.3) is 10.9 Å². The van der Waals surface area contributed by atoms with Gasteiger partial charge in [0.15, 0.2) is 0 Å². The average molecular weight is 314 g/mol. The van der Waals surface area contributed by atoms with Gasteiger partial charge in [0.25, 0.3) is 0 Å². The summed E-state index contributed by atoms with van der Waals surface area (Å²) in [6, 6.07) is 6.25. The number of nitrogens with one attached hydrogen (secondary N) is 1. The van der Waals surface area contributed by atoms with E-state index in [9.17, 15) is 9.59 Å². The lowest BCUT2D eigenvalue weighted by Crippen LogP contribution is -2.39. The molecule has 1 atom stereocenters. The van der Waals surface area contributed by atoms with Crippen LogP contribution in [0.2, 0.25) is 0 Å². The van der Waals surface area contributed by atoms with E-state index in [-0.39, 0.29) is 11.9 Å². The lowest BCUT2D eigenvalue weighted by molar-refractivity contribution is -0.143. The number of fused-ring (bicyclic) bond motifs is 1. The van der Waals surface area contributed by atoms with Crippen molar-refractivity contribution < 1.29 is 14.7 Å². The molecule has 1 heterocycles. The Morgan fingerprint density at radius 1 is 1.39 bits per heavy atom. The fourth-order valence-electron chi connectivity index (χ4n) is 3.07. The minimum atomic E-state index is -0.855. The molecule has 1 unspecified atom stereocenters. The van der Waals surface area contributed by atoms with E-state index in [1.807, 2.05) is 31.3 Å². The Hall–Kier alpha value is -2.30. The van der Waals surface area contributed by atoms with Gasteiger partial charge in [-0.3, -0.25) is 9.59 Å². The second-order valence-corrected chi connectivity index (χ2v) is 6.50. The van der Waals surface area contributed by atoms with Gasteiger partial charge in [0.1, 0.15) is 0 Å². The Kier molecular flexibility index (Phi) is 4.11. The Labute approximate surface area is 135 Å². The summed E-state index contributed by atoms with van der Waals surface area (Å²) in [7, 11) is 0. The first-order valence-corrected chi connectivity index (χ1v) is 8.05. The van der Waals surface area contributed by atoms with Crippen LogP contribution in [0.4, 0.5) is 0 Å². The van der Waals surface area contributed by atoms with Gasteiger partial charge in [-0.05, 0) is 37.0 Å². The normalized spacial score (nSPS) is 15.6. The summed E-state index contributed by atoms with van der Waals surface area (Å²) < 4.78 is 0. The summed E-state index contributed by atoms with van der Waals surface area (Å²) in [5.74, 6) is -1.37. The average Bonchev–Trinajstić information content (AvgIpc) is 3.26. The molecule has 0 radical (unpaired) electrons. The van der Waals surface area contributed by atoms with E-state index in [1.54, 1.807) is 11.8 Å². The van der Waals surface area contributed by atoms with Crippen molar-refractivity contribution in [2.75, 3.05) is 6.54 Å². The third-order valence-corrected chi connectivity index (χ3v) is 4.54. The van der Waals surface area contributed by atoms with Gasteiger partial charge in [-0.15, -0.1) is 0 Å². The lowest BCUT2D eigenvalue weighted by Gasteiger charge is -2.24. The summed E-state index contributed by atoms with van der Waals surface area (Å²) in [5.41, 5.74) is 3.16. The van der Waals surface area contributed by atoms with Crippen LogP contribution in [0.5, 0.6) is 0 Å². The highest BCUT2D eigenvalue weighted by molar-refractivity contribution is 5.91. The fraction of sp³-hybridized carbons (Fsp3) is 0.444. The minimum Gasteiger partial charge on any atom is -0.481 e. The largest absolute Gasteiger partial charge is 0.481 e. The smallest absolute Gasteiger partial charge is 0.308 e. The summed E-state index contributed by atoms with van der Waals surface area (Å²) >= 11 is 0. The molecule has 1 amide bonds. The maximum Gasteiger partial charge on any atom is 0.308 e. The van der Waals surface area contributed by atoms with Crippen LogP contribution in [-0.4, -0.2) is 39.5 Å². The number of nitrogens with zero attached hydrogens (tertiary/aromatic N) is 1. The van der Waals surface area contributed by atoms with Crippen molar-refractivity contribution in [2.24, 2.45) is 5.92 Å². The zero-order chi connectivity index (χ0) is 16.6. The fourth-order valence-corrected chi connectivity index (χ4v) is 3.07. The number of aromatic nitrogens is 1. The van der Waals surface area contributed by atoms with Crippen LogP contribution in [0.1, 0.15) is 30.9 Å². The van der Waals surface area contributed by atoms with Gasteiger partial charge < -0.3 is 15.0 Å². The molecule has 2 N–H and O–H groups in total. The molecule has 1 fully saturated rings. The molecule has 1 aromatic carbocycles. The highest BCUT2D eigenvalue weighted by atomic mass is 16.4. The Morgan fingerprint density at radius 2 is 2.13 bits per heavy atom. The van der Waals surface area contributed by atoms with Gasteiger partial charge >= 0.3 is 5.97 Å². The van der Waals surface area contributed by atoms with Gasteiger partial charge in [0.05, 0.1) is 12.3 Å². The number of aryl methyl sites for hydroxylation is 1. The maximum absolute atomic E-state index is 12.7. The first kappa shape index (κ1) is 15.6. The van der Waals surface area contributed by atoms with Gasteiger partial charge in [-0.1, -0.05) is 19.1 Å². The number of hydrogen-bond donors (Lipinski definition) is 2. The lowest BCUT2D eigenvalue weighted by atomic mass is 10.0. The van der Waals surface area contributed by atoms with E-state index in [0.717, 1.165) is 34.9 Å². The number of carboxylic acid groups (broad SMARTS) is 1. The summed E-state index contributed by atoms with van der Waals surface area (Å²) in [4.78, 5) is 28.8. The number of carboxylic acids is 1. The summed E-state index contributed by atoms with van der Waals surface area (Å²) in [5, 5.41) is 10.2. The first-order valence-electron chi connectivity index (χ1n) is 8.05. The number of rotatable bonds is 6. The van der Waals surface area contributed by atoms with Gasteiger partial charge in [-0.2, -0.15) is 0 Å². The molecule has 5 heteroatoms. The second kappa shape index (κ2) is 6.07. The molecule has 0 spiro atoms. The van der Waals surface area contributed by atoms with E-state index >= 15 is 0 Å². The molecule has 1 aliphatic rings. The molecule has 1 aromatic heterocycles. The molecular formula is C18H22N2O3. The zero-order valence-electron chi connectivity index (χ0n) is 13.5. The number of aromatic amines is 1. The van der Waals surface area contributed by atoms with E-state index in [4.69, 9.17) is 5.11 Å². The highest BCUT2D eigenvalue weighted by Gasteiger charge is 2.34. The van der Waals surface area contributed by atoms with Crippen molar-refractivity contribution >= 4 is 22.8 Å². The van der Waals surface area contributed by atoms with E-state index in [0.29, 0.717) is 13.0 Å². The predicted octanol–water partition coefficient (Wildman–Crippen LogP) is 2.73. The van der Waals surface area contributed by atoms with Crippen molar-refractivity contribution in [3.05, 3.63) is 35.5 Å². The molecule has 1 aliphatic carbocycles. The van der Waals surface area contributed by atoms with Crippen molar-refractivity contribution in [3.63, 3.8) is 0 Å². The van der Waals surface area contributed by atoms with Crippen LogP contribution in [0, 0.1) is 12.8 Å². The second-order valence-electron chi connectivity index (χ2n) is 6.50. The Balaban J connectivity index is 1.79. The number of aliphatic carboxylic acids is 1. The molecule has 1 saturated carbocycles. The van der Waals surface area contributed by atoms with Gasteiger partial charge in [0.2, 0.25) is 5.91 Å². The predicted molar refractivity (Wildman–Crippen MR) is 88.3 cm³/mol. The van der Waals surface area contributed by atoms with Crippen molar-refractivity contribution in [3.8, 4) is 0 Å². The Morgan fingerprint density at radius 3 is 2.78 bits per heavy atom. The number of benzene rings is 1. The third kappa shape index (κ3) is 3.23. The van der Waals surface area contributed by atoms with E-state index in [1.165, 1.54) is 0 Å². The van der Waals surface area contributed by atoms with Crippen LogP contribution in [0.15, 0.2) is 24.4 Å². The molecule has 23 heavy (non-hydrogen) atoms. The van der Waals surface area contributed by atoms with Crippen molar-refractivity contribution in [1.82, 2.24) is 9.88 Å². The number of carbonyl (C=O) groups excluding carboxylic acids is 1. The van der Waals surface area contributed by atoms with Gasteiger partial charge in [-0.25, -0.2) is 0 Å². The number of hydrogen-bond acceptors (Lipinski definition) is 2. The monoisotopic (exact) mass is 314 g/mol. The summed E-state index contributed by atoms with van der Waals surface area (Å²) in [6.45, 7) is 3.98. The zero-order valence-corrected chi connectivity index (χ0v) is 13.5. The quantitative estimate of drug-likeness (QED) is 0.861. The highest BCUT2D eigenvalue weighted by Crippen LogP contribution is 2.29. The van der Waals surface area contributed by atoms with Crippen LogP contribution < -0.4 is 0 Å². The molecular weight excluding hydrogens is 292 g/mol. The number of amides is 1. The molecule has 5 nitrogen and oxygen atoms in total.